The maximum atomic E-state index is 13.8. The van der Waals surface area contributed by atoms with E-state index in [2.05, 4.69) is 40.2 Å². The van der Waals surface area contributed by atoms with Gasteiger partial charge in [0.05, 0.1) is 25.4 Å². The third-order valence-corrected chi connectivity index (χ3v) is 9.05. The number of nitrogens with one attached hydrogen (secondary N) is 3. The molecule has 5 atom stereocenters. The maximum Gasteiger partial charge on any atom is 0.243 e. The Morgan fingerprint density at radius 2 is 1.38 bits per heavy atom. The molecule has 47 heavy (non-hydrogen) atoms. The summed E-state index contributed by atoms with van der Waals surface area (Å²) in [6, 6.07) is 33.1. The molecule has 7 heteroatoms. The minimum atomic E-state index is -0.863. The molecular formula is C40H51N3O4. The van der Waals surface area contributed by atoms with E-state index in [4.69, 9.17) is 4.74 Å². The average Bonchev–Trinajstić information content (AvgIpc) is 3.10. The van der Waals surface area contributed by atoms with Crippen LogP contribution >= 0.6 is 0 Å². The summed E-state index contributed by atoms with van der Waals surface area (Å²) < 4.78 is 6.23. The van der Waals surface area contributed by atoms with Crippen LogP contribution in [-0.2, 0) is 34.0 Å². The first-order valence-corrected chi connectivity index (χ1v) is 16.9. The number of hydrogen-bond donors (Lipinski definition) is 4. The predicted octanol–water partition coefficient (Wildman–Crippen LogP) is 6.39. The Bertz CT molecular complexity index is 1520. The van der Waals surface area contributed by atoms with Gasteiger partial charge < -0.3 is 25.8 Å². The molecule has 0 saturated carbocycles. The molecule has 4 N–H and O–H groups in total. The fourth-order valence-electron chi connectivity index (χ4n) is 5.83. The molecular weight excluding hydrogens is 586 g/mol. The van der Waals surface area contributed by atoms with Crippen molar-refractivity contribution in [1.82, 2.24) is 16.0 Å². The lowest BCUT2D eigenvalue weighted by Crippen LogP contribution is -2.53. The van der Waals surface area contributed by atoms with E-state index in [1.165, 1.54) is 0 Å². The molecule has 0 aliphatic carbocycles. The van der Waals surface area contributed by atoms with E-state index in [9.17, 15) is 14.7 Å². The highest BCUT2D eigenvalue weighted by atomic mass is 16.5. The summed E-state index contributed by atoms with van der Waals surface area (Å²) in [7, 11) is 0. The minimum Gasteiger partial charge on any atom is -0.391 e. The van der Waals surface area contributed by atoms with E-state index in [-0.39, 0.29) is 36.7 Å². The summed E-state index contributed by atoms with van der Waals surface area (Å²) in [5.41, 5.74) is 3.17. The van der Waals surface area contributed by atoms with Crippen molar-refractivity contribution < 1.29 is 19.4 Å². The van der Waals surface area contributed by atoms with E-state index < -0.39 is 24.1 Å². The van der Waals surface area contributed by atoms with Crippen LogP contribution in [-0.4, -0.2) is 41.7 Å². The zero-order valence-corrected chi connectivity index (χ0v) is 28.2. The van der Waals surface area contributed by atoms with E-state index in [1.54, 1.807) is 0 Å². The topological polar surface area (TPSA) is 99.7 Å². The molecule has 0 bridgehead atoms. The lowest BCUT2D eigenvalue weighted by molar-refractivity contribution is -0.134. The fraction of sp³-hybridized carbons (Fsp3) is 0.400. The molecule has 0 heterocycles. The predicted molar refractivity (Wildman–Crippen MR) is 189 cm³/mol. The number of benzene rings is 4. The second kappa shape index (κ2) is 18.3. The Morgan fingerprint density at radius 1 is 0.766 bits per heavy atom. The molecule has 4 rings (SSSR count). The average molecular weight is 638 g/mol. The molecule has 0 aliphatic heterocycles. The van der Waals surface area contributed by atoms with Crippen molar-refractivity contribution in [1.29, 1.82) is 0 Å². The second-order valence-electron chi connectivity index (χ2n) is 12.9. The molecule has 0 unspecified atom stereocenters. The van der Waals surface area contributed by atoms with E-state index in [1.807, 2.05) is 107 Å². The van der Waals surface area contributed by atoms with Crippen molar-refractivity contribution in [3.63, 3.8) is 0 Å². The fourth-order valence-corrected chi connectivity index (χ4v) is 5.83. The smallest absolute Gasteiger partial charge is 0.243 e. The van der Waals surface area contributed by atoms with Gasteiger partial charge in [0, 0.05) is 19.0 Å². The number of carbonyl (C=O) groups excluding carboxylic acids is 2. The highest BCUT2D eigenvalue weighted by Gasteiger charge is 2.33. The zero-order chi connectivity index (χ0) is 33.6. The van der Waals surface area contributed by atoms with Crippen molar-refractivity contribution in [2.75, 3.05) is 6.61 Å². The molecule has 0 aromatic heterocycles. The maximum absolute atomic E-state index is 13.8. The quantitative estimate of drug-likeness (QED) is 0.101. The lowest BCUT2D eigenvalue weighted by atomic mass is 9.86. The first kappa shape index (κ1) is 35.8. The van der Waals surface area contributed by atoms with Crippen LogP contribution in [0.2, 0.25) is 0 Å². The molecule has 0 radical (unpaired) electrons. The van der Waals surface area contributed by atoms with Gasteiger partial charge in [0.15, 0.2) is 0 Å². The molecule has 2 amide bonds. The van der Waals surface area contributed by atoms with Crippen LogP contribution in [0.4, 0.5) is 0 Å². The third kappa shape index (κ3) is 10.7. The summed E-state index contributed by atoms with van der Waals surface area (Å²) in [5, 5.41) is 23.5. The number of rotatable bonds is 18. The van der Waals surface area contributed by atoms with E-state index in [0.717, 1.165) is 33.9 Å². The normalized spacial score (nSPS) is 14.7. The standard InChI is InChI=1S/C40H51N3O4/c1-5-29(4)38(40(46)42-25-31-17-10-7-11-18-31)43-39(45)35(28(2)3)23-37(44)36(41-24-30-15-8-6-9-16-30)27-47-26-33-21-14-20-32-19-12-13-22-34(32)33/h6-22,28-29,35-38,41,44H,5,23-27H2,1-4H3,(H,42,46)(H,43,45)/t29-,35-,36-,37-,38-/m0/s1. The van der Waals surface area contributed by atoms with Crippen LogP contribution in [0.1, 0.15) is 57.2 Å². The van der Waals surface area contributed by atoms with Gasteiger partial charge in [-0.2, -0.15) is 0 Å². The summed E-state index contributed by atoms with van der Waals surface area (Å²) in [5.74, 6) is -1.05. The molecule has 250 valence electrons. The largest absolute Gasteiger partial charge is 0.391 e. The van der Waals surface area contributed by atoms with Crippen molar-refractivity contribution >= 4 is 22.6 Å². The van der Waals surface area contributed by atoms with Gasteiger partial charge in [-0.1, -0.05) is 137 Å². The summed E-state index contributed by atoms with van der Waals surface area (Å²) >= 11 is 0. The first-order chi connectivity index (χ1) is 22.8. The van der Waals surface area contributed by atoms with E-state index in [0.29, 0.717) is 19.7 Å². The van der Waals surface area contributed by atoms with Gasteiger partial charge in [0.2, 0.25) is 11.8 Å². The van der Waals surface area contributed by atoms with Crippen LogP contribution in [0, 0.1) is 17.8 Å². The van der Waals surface area contributed by atoms with E-state index >= 15 is 0 Å². The highest BCUT2D eigenvalue weighted by Crippen LogP contribution is 2.23. The molecule has 4 aromatic carbocycles. The number of amides is 2. The second-order valence-corrected chi connectivity index (χ2v) is 12.9. The Kier molecular flexibility index (Phi) is 14.0. The Morgan fingerprint density at radius 3 is 2.04 bits per heavy atom. The monoisotopic (exact) mass is 637 g/mol. The van der Waals surface area contributed by atoms with Gasteiger partial charge in [0.1, 0.15) is 6.04 Å². The number of aliphatic hydroxyl groups is 1. The summed E-state index contributed by atoms with van der Waals surface area (Å²) in [4.78, 5) is 27.1. The van der Waals surface area contributed by atoms with Gasteiger partial charge in [0.25, 0.3) is 0 Å². The molecule has 4 aromatic rings. The molecule has 0 saturated heterocycles. The first-order valence-electron chi connectivity index (χ1n) is 16.9. The van der Waals surface area contributed by atoms with Gasteiger partial charge in [-0.15, -0.1) is 0 Å². The highest BCUT2D eigenvalue weighted by molar-refractivity contribution is 5.89. The number of carbonyl (C=O) groups is 2. The Balaban J connectivity index is 1.43. The summed E-state index contributed by atoms with van der Waals surface area (Å²) in [6.45, 7) is 9.56. The lowest BCUT2D eigenvalue weighted by Gasteiger charge is -2.31. The SMILES string of the molecule is CC[C@H](C)[C@H](NC(=O)[C@@H](C[C@H](O)[C@H](COCc1cccc2ccccc12)NCc1ccccc1)C(C)C)C(=O)NCc1ccccc1. The number of fused-ring (bicyclic) bond motifs is 1. The molecule has 7 nitrogen and oxygen atoms in total. The van der Waals surface area contributed by atoms with Crippen LogP contribution in [0.5, 0.6) is 0 Å². The zero-order valence-electron chi connectivity index (χ0n) is 28.2. The Labute approximate surface area is 280 Å². The van der Waals surface area contributed by atoms with Crippen LogP contribution in [0.3, 0.4) is 0 Å². The van der Waals surface area contributed by atoms with Crippen LogP contribution in [0.15, 0.2) is 103 Å². The van der Waals surface area contributed by atoms with Crippen molar-refractivity contribution in [2.45, 2.75) is 78.4 Å². The minimum absolute atomic E-state index is 0.0546. The number of hydrogen-bond acceptors (Lipinski definition) is 5. The molecule has 0 spiro atoms. The van der Waals surface area contributed by atoms with Crippen LogP contribution < -0.4 is 16.0 Å². The number of aliphatic hydroxyl groups excluding tert-OH is 1. The number of ether oxygens (including phenoxy) is 1. The Hall–Kier alpha value is -4.04. The van der Waals surface area contributed by atoms with Gasteiger partial charge in [-0.3, -0.25) is 9.59 Å². The van der Waals surface area contributed by atoms with Crippen LogP contribution in [0.25, 0.3) is 10.8 Å². The summed E-state index contributed by atoms with van der Waals surface area (Å²) in [6.07, 6.45) is 0.100. The van der Waals surface area contributed by atoms with Gasteiger partial charge >= 0.3 is 0 Å². The van der Waals surface area contributed by atoms with Gasteiger partial charge in [-0.25, -0.2) is 0 Å². The molecule has 0 aliphatic rings. The molecule has 0 fully saturated rings. The van der Waals surface area contributed by atoms with Gasteiger partial charge in [-0.05, 0) is 45.7 Å². The van der Waals surface area contributed by atoms with Crippen molar-refractivity contribution in [2.24, 2.45) is 17.8 Å². The van der Waals surface area contributed by atoms with Crippen molar-refractivity contribution in [3.05, 3.63) is 120 Å². The third-order valence-electron chi connectivity index (χ3n) is 9.05. The van der Waals surface area contributed by atoms with Crippen molar-refractivity contribution in [3.8, 4) is 0 Å².